The second-order valence-electron chi connectivity index (χ2n) is 4.66. The van der Waals surface area contributed by atoms with Crippen LogP contribution in [-0.2, 0) is 0 Å². The third-order valence-electron chi connectivity index (χ3n) is 3.22. The van der Waals surface area contributed by atoms with Gasteiger partial charge in [-0.05, 0) is 46.3 Å². The number of ether oxygens (including phenoxy) is 3. The van der Waals surface area contributed by atoms with Crippen LogP contribution in [0.3, 0.4) is 0 Å². The van der Waals surface area contributed by atoms with Gasteiger partial charge in [0.1, 0.15) is 17.2 Å². The first kappa shape index (κ1) is 17.8. The molecule has 24 heavy (non-hydrogen) atoms. The van der Waals surface area contributed by atoms with Gasteiger partial charge >= 0.3 is 0 Å². The van der Waals surface area contributed by atoms with Crippen LogP contribution in [0.25, 0.3) is 0 Å². The molecule has 0 saturated heterocycles. The molecule has 1 N–H and O–H groups in total. The van der Waals surface area contributed by atoms with E-state index in [1.165, 1.54) is 6.21 Å². The molecular weight excluding hydrogens is 376 g/mol. The van der Waals surface area contributed by atoms with Gasteiger partial charge in [0.15, 0.2) is 0 Å². The van der Waals surface area contributed by atoms with Crippen molar-refractivity contribution in [3.63, 3.8) is 0 Å². The van der Waals surface area contributed by atoms with Gasteiger partial charge in [0.25, 0.3) is 5.91 Å². The third-order valence-corrected chi connectivity index (χ3v) is 3.84. The van der Waals surface area contributed by atoms with Crippen molar-refractivity contribution in [1.29, 1.82) is 0 Å². The van der Waals surface area contributed by atoms with Crippen molar-refractivity contribution in [2.75, 3.05) is 21.3 Å². The van der Waals surface area contributed by atoms with Crippen molar-refractivity contribution >= 4 is 28.1 Å². The number of hydrogen-bond donors (Lipinski definition) is 1. The number of hydrogen-bond acceptors (Lipinski definition) is 5. The third kappa shape index (κ3) is 4.26. The number of methoxy groups -OCH3 is 3. The van der Waals surface area contributed by atoms with Crippen LogP contribution in [-0.4, -0.2) is 33.5 Å². The smallest absolute Gasteiger partial charge is 0.271 e. The Labute approximate surface area is 148 Å². The molecule has 2 aromatic rings. The molecule has 126 valence electrons. The van der Waals surface area contributed by atoms with Gasteiger partial charge < -0.3 is 14.2 Å². The van der Waals surface area contributed by atoms with Gasteiger partial charge in [-0.3, -0.25) is 4.79 Å². The minimum atomic E-state index is -0.331. The Kier molecular flexibility index (Phi) is 6.20. The Morgan fingerprint density at radius 3 is 2.42 bits per heavy atom. The predicted octanol–water partition coefficient (Wildman–Crippen LogP) is 3.24. The average molecular weight is 393 g/mol. The van der Waals surface area contributed by atoms with E-state index in [-0.39, 0.29) is 5.91 Å². The molecule has 0 aliphatic carbocycles. The molecule has 1 amide bonds. The van der Waals surface area contributed by atoms with E-state index in [1.54, 1.807) is 57.7 Å². The fraction of sp³-hybridized carbons (Fsp3) is 0.176. The van der Waals surface area contributed by atoms with Crippen LogP contribution in [0.1, 0.15) is 15.9 Å². The fourth-order valence-corrected chi connectivity index (χ4v) is 2.50. The van der Waals surface area contributed by atoms with Gasteiger partial charge in [-0.1, -0.05) is 0 Å². The minimum absolute atomic E-state index is 0.331. The molecule has 0 atom stereocenters. The molecule has 0 unspecified atom stereocenters. The average Bonchev–Trinajstić information content (AvgIpc) is 2.61. The van der Waals surface area contributed by atoms with E-state index in [4.69, 9.17) is 14.2 Å². The summed E-state index contributed by atoms with van der Waals surface area (Å²) in [5.41, 5.74) is 3.65. The number of carbonyl (C=O) groups excluding carboxylic acids is 1. The maximum absolute atomic E-state index is 12.1. The summed E-state index contributed by atoms with van der Waals surface area (Å²) < 4.78 is 16.2. The number of rotatable bonds is 6. The lowest BCUT2D eigenvalue weighted by Gasteiger charge is -2.07. The Hall–Kier alpha value is -2.54. The van der Waals surface area contributed by atoms with Gasteiger partial charge in [-0.2, -0.15) is 5.10 Å². The SMILES string of the molecule is COc1ccc(C=NNC(=O)c2ccc(OC)c(Br)c2)c(OC)c1. The molecule has 2 aromatic carbocycles. The highest BCUT2D eigenvalue weighted by atomic mass is 79.9. The summed E-state index contributed by atoms with van der Waals surface area (Å²) in [6.07, 6.45) is 1.51. The highest BCUT2D eigenvalue weighted by molar-refractivity contribution is 9.10. The molecule has 7 heteroatoms. The summed E-state index contributed by atoms with van der Waals surface area (Å²) in [5.74, 6) is 1.59. The maximum atomic E-state index is 12.1. The predicted molar refractivity (Wildman–Crippen MR) is 95.3 cm³/mol. The summed E-state index contributed by atoms with van der Waals surface area (Å²) in [6.45, 7) is 0. The first-order valence-electron chi connectivity index (χ1n) is 6.98. The van der Waals surface area contributed by atoms with Gasteiger partial charge in [-0.25, -0.2) is 5.43 Å². The lowest BCUT2D eigenvalue weighted by Crippen LogP contribution is -2.17. The molecular formula is C17H17BrN2O4. The summed E-state index contributed by atoms with van der Waals surface area (Å²) in [7, 11) is 4.70. The van der Waals surface area contributed by atoms with Crippen LogP contribution in [0, 0.1) is 0 Å². The molecule has 0 radical (unpaired) electrons. The first-order valence-corrected chi connectivity index (χ1v) is 7.77. The summed E-state index contributed by atoms with van der Waals surface area (Å²) in [6, 6.07) is 10.3. The molecule has 0 fully saturated rings. The maximum Gasteiger partial charge on any atom is 0.271 e. The Bertz CT molecular complexity index is 762. The van der Waals surface area contributed by atoms with Crippen molar-refractivity contribution < 1.29 is 19.0 Å². The van der Waals surface area contributed by atoms with Crippen molar-refractivity contribution in [3.8, 4) is 17.2 Å². The molecule has 0 bridgehead atoms. The normalized spacial score (nSPS) is 10.5. The summed E-state index contributed by atoms with van der Waals surface area (Å²) >= 11 is 3.34. The highest BCUT2D eigenvalue weighted by Crippen LogP contribution is 2.25. The van der Waals surface area contributed by atoms with Crippen molar-refractivity contribution in [2.45, 2.75) is 0 Å². The topological polar surface area (TPSA) is 69.2 Å². The second-order valence-corrected chi connectivity index (χ2v) is 5.51. The van der Waals surface area contributed by atoms with E-state index in [9.17, 15) is 4.79 Å². The lowest BCUT2D eigenvalue weighted by atomic mass is 10.2. The molecule has 0 aliphatic rings. The van der Waals surface area contributed by atoms with E-state index in [2.05, 4.69) is 26.5 Å². The number of amides is 1. The highest BCUT2D eigenvalue weighted by Gasteiger charge is 2.08. The number of carbonyl (C=O) groups is 1. The van der Waals surface area contributed by atoms with Crippen LogP contribution in [0.4, 0.5) is 0 Å². The largest absolute Gasteiger partial charge is 0.497 e. The summed E-state index contributed by atoms with van der Waals surface area (Å²) in [5, 5.41) is 3.96. The van der Waals surface area contributed by atoms with Gasteiger partial charge in [0.2, 0.25) is 0 Å². The number of halogens is 1. The molecule has 0 heterocycles. The van der Waals surface area contributed by atoms with E-state index >= 15 is 0 Å². The number of benzene rings is 2. The Balaban J connectivity index is 2.08. The Morgan fingerprint density at radius 2 is 1.79 bits per heavy atom. The monoisotopic (exact) mass is 392 g/mol. The summed E-state index contributed by atoms with van der Waals surface area (Å²) in [4.78, 5) is 12.1. The number of nitrogens with zero attached hydrogens (tertiary/aromatic N) is 1. The quantitative estimate of drug-likeness (QED) is 0.605. The van der Waals surface area contributed by atoms with Crippen LogP contribution in [0.5, 0.6) is 17.2 Å². The van der Waals surface area contributed by atoms with Gasteiger partial charge in [0, 0.05) is 17.2 Å². The van der Waals surface area contributed by atoms with Crippen LogP contribution in [0.2, 0.25) is 0 Å². The molecule has 2 rings (SSSR count). The molecule has 0 saturated carbocycles. The number of hydrazone groups is 1. The second kappa shape index (κ2) is 8.35. The van der Waals surface area contributed by atoms with E-state index in [1.807, 2.05) is 0 Å². The fourth-order valence-electron chi connectivity index (χ4n) is 1.96. The van der Waals surface area contributed by atoms with Gasteiger partial charge in [0.05, 0.1) is 32.0 Å². The minimum Gasteiger partial charge on any atom is -0.497 e. The van der Waals surface area contributed by atoms with E-state index in [0.29, 0.717) is 27.3 Å². The molecule has 6 nitrogen and oxygen atoms in total. The van der Waals surface area contributed by atoms with Crippen LogP contribution in [0.15, 0.2) is 46.0 Å². The van der Waals surface area contributed by atoms with E-state index < -0.39 is 0 Å². The standard InChI is InChI=1S/C17H17BrN2O4/c1-22-13-6-4-12(16(9-13)24-3)10-19-20-17(21)11-5-7-15(23-2)14(18)8-11/h4-10H,1-3H3,(H,20,21). The molecule has 0 aliphatic heterocycles. The molecule has 0 spiro atoms. The van der Waals surface area contributed by atoms with Crippen molar-refractivity contribution in [2.24, 2.45) is 5.10 Å². The van der Waals surface area contributed by atoms with E-state index in [0.717, 1.165) is 5.56 Å². The van der Waals surface area contributed by atoms with Crippen LogP contribution < -0.4 is 19.6 Å². The van der Waals surface area contributed by atoms with Crippen LogP contribution >= 0.6 is 15.9 Å². The van der Waals surface area contributed by atoms with Crippen molar-refractivity contribution in [1.82, 2.24) is 5.43 Å². The zero-order valence-electron chi connectivity index (χ0n) is 13.5. The van der Waals surface area contributed by atoms with Gasteiger partial charge in [-0.15, -0.1) is 0 Å². The molecule has 0 aromatic heterocycles. The van der Waals surface area contributed by atoms with Crippen molar-refractivity contribution in [3.05, 3.63) is 52.0 Å². The number of nitrogens with one attached hydrogen (secondary N) is 1. The first-order chi connectivity index (χ1) is 11.6. The Morgan fingerprint density at radius 1 is 1.04 bits per heavy atom. The zero-order valence-corrected chi connectivity index (χ0v) is 15.1. The lowest BCUT2D eigenvalue weighted by molar-refractivity contribution is 0.0955. The zero-order chi connectivity index (χ0) is 17.5.